The number of rotatable bonds is 4. The summed E-state index contributed by atoms with van der Waals surface area (Å²) in [4.78, 5) is 40.4. The van der Waals surface area contributed by atoms with E-state index in [1.54, 1.807) is 53.4 Å². The van der Waals surface area contributed by atoms with Gasteiger partial charge < -0.3 is 14.1 Å². The molecule has 3 aromatic carbocycles. The van der Waals surface area contributed by atoms with E-state index in [0.717, 1.165) is 5.56 Å². The average molecular weight is 425 g/mol. The summed E-state index contributed by atoms with van der Waals surface area (Å²) in [5.74, 6) is -0.730. The van der Waals surface area contributed by atoms with Crippen molar-refractivity contribution < 1.29 is 18.7 Å². The highest BCUT2D eigenvalue weighted by molar-refractivity contribution is 5.99. The summed E-state index contributed by atoms with van der Waals surface area (Å²) in [5, 5.41) is 0.428. The Morgan fingerprint density at radius 3 is 2.34 bits per heavy atom. The van der Waals surface area contributed by atoms with E-state index in [9.17, 15) is 14.4 Å². The molecule has 158 valence electrons. The largest absolute Gasteiger partial charge is 0.465 e. The summed E-state index contributed by atoms with van der Waals surface area (Å²) in [5.41, 5.74) is 2.50. The molecule has 1 atom stereocenters. The first-order valence-electron chi connectivity index (χ1n) is 10.2. The fourth-order valence-corrected chi connectivity index (χ4v) is 4.18. The van der Waals surface area contributed by atoms with Crippen molar-refractivity contribution in [1.82, 2.24) is 4.90 Å². The zero-order valence-corrected chi connectivity index (χ0v) is 17.3. The molecule has 0 radical (unpaired) electrons. The quantitative estimate of drug-likeness (QED) is 0.455. The Bertz CT molecular complexity index is 1390. The maximum atomic E-state index is 13.5. The number of fused-ring (bicyclic) bond motifs is 2. The van der Waals surface area contributed by atoms with Gasteiger partial charge in [0.05, 0.1) is 29.7 Å². The molecule has 6 heteroatoms. The highest BCUT2D eigenvalue weighted by Gasteiger charge is 2.42. The van der Waals surface area contributed by atoms with Gasteiger partial charge in [0.1, 0.15) is 5.58 Å². The van der Waals surface area contributed by atoms with Crippen LogP contribution in [0.1, 0.15) is 43.6 Å². The number of amides is 1. The molecule has 0 saturated carbocycles. The topological polar surface area (TPSA) is 76.8 Å². The van der Waals surface area contributed by atoms with Gasteiger partial charge in [-0.15, -0.1) is 0 Å². The number of carbonyl (C=O) groups is 2. The van der Waals surface area contributed by atoms with Crippen molar-refractivity contribution in [2.45, 2.75) is 12.6 Å². The Kier molecular flexibility index (Phi) is 4.82. The van der Waals surface area contributed by atoms with Gasteiger partial charge in [0.25, 0.3) is 5.91 Å². The van der Waals surface area contributed by atoms with Crippen molar-refractivity contribution in [3.63, 3.8) is 0 Å². The van der Waals surface area contributed by atoms with E-state index < -0.39 is 12.0 Å². The van der Waals surface area contributed by atoms with Gasteiger partial charge in [0.15, 0.2) is 5.43 Å². The molecule has 1 aliphatic rings. The summed E-state index contributed by atoms with van der Waals surface area (Å²) < 4.78 is 10.7. The van der Waals surface area contributed by atoms with E-state index in [1.165, 1.54) is 7.11 Å². The number of hydrogen-bond acceptors (Lipinski definition) is 5. The van der Waals surface area contributed by atoms with Crippen LogP contribution in [0.25, 0.3) is 11.0 Å². The molecule has 0 saturated heterocycles. The lowest BCUT2D eigenvalue weighted by Crippen LogP contribution is -2.29. The lowest BCUT2D eigenvalue weighted by molar-refractivity contribution is 0.0599. The number of esters is 1. The lowest BCUT2D eigenvalue weighted by Gasteiger charge is -2.25. The van der Waals surface area contributed by atoms with Gasteiger partial charge in [0, 0.05) is 6.54 Å². The molecule has 4 aromatic rings. The Hall–Kier alpha value is -4.19. The van der Waals surface area contributed by atoms with Crippen LogP contribution < -0.4 is 5.43 Å². The first kappa shape index (κ1) is 19.8. The van der Waals surface area contributed by atoms with Crippen LogP contribution in [0.2, 0.25) is 0 Å². The minimum absolute atomic E-state index is 0.0617. The molecule has 0 spiro atoms. The summed E-state index contributed by atoms with van der Waals surface area (Å²) >= 11 is 0. The first-order valence-corrected chi connectivity index (χ1v) is 10.2. The molecular formula is C26H19NO5. The number of carbonyl (C=O) groups excluding carboxylic acids is 2. The second-order valence-electron chi connectivity index (χ2n) is 7.60. The number of benzene rings is 3. The molecular weight excluding hydrogens is 406 g/mol. The Labute approximate surface area is 183 Å². The Morgan fingerprint density at radius 2 is 1.62 bits per heavy atom. The molecule has 0 fully saturated rings. The predicted octanol–water partition coefficient (Wildman–Crippen LogP) is 4.33. The van der Waals surface area contributed by atoms with Crippen molar-refractivity contribution >= 4 is 22.8 Å². The van der Waals surface area contributed by atoms with Crippen LogP contribution >= 0.6 is 0 Å². The first-order chi connectivity index (χ1) is 15.6. The van der Waals surface area contributed by atoms with Gasteiger partial charge in [0.2, 0.25) is 5.76 Å². The van der Waals surface area contributed by atoms with Crippen LogP contribution in [-0.2, 0) is 11.3 Å². The van der Waals surface area contributed by atoms with E-state index in [4.69, 9.17) is 9.15 Å². The van der Waals surface area contributed by atoms with Crippen LogP contribution in [0.15, 0.2) is 88.1 Å². The molecule has 32 heavy (non-hydrogen) atoms. The second kappa shape index (κ2) is 7.81. The third-order valence-corrected chi connectivity index (χ3v) is 5.72. The summed E-state index contributed by atoms with van der Waals surface area (Å²) in [7, 11) is 1.32. The summed E-state index contributed by atoms with van der Waals surface area (Å²) in [6.07, 6.45) is 0. The number of ether oxygens (including phenoxy) is 1. The highest BCUT2D eigenvalue weighted by atomic mass is 16.5. The van der Waals surface area contributed by atoms with Crippen molar-refractivity contribution in [3.05, 3.63) is 117 Å². The van der Waals surface area contributed by atoms with Gasteiger partial charge in [-0.1, -0.05) is 54.6 Å². The smallest absolute Gasteiger partial charge is 0.337 e. The average Bonchev–Trinajstić information content (AvgIpc) is 3.11. The van der Waals surface area contributed by atoms with Crippen LogP contribution in [0.5, 0.6) is 0 Å². The van der Waals surface area contributed by atoms with E-state index in [0.29, 0.717) is 34.2 Å². The molecule has 1 amide bonds. The predicted molar refractivity (Wildman–Crippen MR) is 118 cm³/mol. The van der Waals surface area contributed by atoms with Gasteiger partial charge >= 0.3 is 5.97 Å². The fraction of sp³-hybridized carbons (Fsp3) is 0.115. The number of para-hydroxylation sites is 1. The second-order valence-corrected chi connectivity index (χ2v) is 7.60. The van der Waals surface area contributed by atoms with Crippen LogP contribution in [-0.4, -0.2) is 23.9 Å². The third kappa shape index (κ3) is 3.17. The van der Waals surface area contributed by atoms with E-state index in [1.807, 2.05) is 30.3 Å². The maximum absolute atomic E-state index is 13.5. The third-order valence-electron chi connectivity index (χ3n) is 5.72. The summed E-state index contributed by atoms with van der Waals surface area (Å²) in [6, 6.07) is 22.6. The normalized spacial score (nSPS) is 15.1. The van der Waals surface area contributed by atoms with Gasteiger partial charge in [-0.25, -0.2) is 4.79 Å². The Morgan fingerprint density at radius 1 is 0.938 bits per heavy atom. The molecule has 1 aliphatic heterocycles. The van der Waals surface area contributed by atoms with Crippen molar-refractivity contribution in [3.8, 4) is 0 Å². The molecule has 5 rings (SSSR count). The maximum Gasteiger partial charge on any atom is 0.337 e. The monoisotopic (exact) mass is 425 g/mol. The minimum atomic E-state index is -0.634. The zero-order valence-electron chi connectivity index (χ0n) is 17.3. The fourth-order valence-electron chi connectivity index (χ4n) is 4.18. The van der Waals surface area contributed by atoms with Gasteiger partial charge in [-0.05, 0) is 35.4 Å². The standard InChI is InChI=1S/C26H19NO5/c1-31-26(30)18-13-11-17(12-14-18)22-21-23(28)19-9-5-6-10-20(19)32-24(21)25(29)27(22)15-16-7-3-2-4-8-16/h2-14,22H,15H2,1H3/t22-/m0/s1. The molecule has 2 heterocycles. The molecule has 0 unspecified atom stereocenters. The zero-order chi connectivity index (χ0) is 22.2. The summed E-state index contributed by atoms with van der Waals surface area (Å²) in [6.45, 7) is 0.309. The van der Waals surface area contributed by atoms with Crippen LogP contribution in [0, 0.1) is 0 Å². The van der Waals surface area contributed by atoms with Crippen LogP contribution in [0.4, 0.5) is 0 Å². The lowest BCUT2D eigenvalue weighted by atomic mass is 9.97. The molecule has 1 aromatic heterocycles. The van der Waals surface area contributed by atoms with E-state index in [-0.39, 0.29) is 17.1 Å². The SMILES string of the molecule is COC(=O)c1ccc([C@H]2c3c(oc4ccccc4c3=O)C(=O)N2Cc2ccccc2)cc1. The van der Waals surface area contributed by atoms with Crippen LogP contribution in [0.3, 0.4) is 0 Å². The van der Waals surface area contributed by atoms with Crippen molar-refractivity contribution in [2.24, 2.45) is 0 Å². The number of hydrogen-bond donors (Lipinski definition) is 0. The van der Waals surface area contributed by atoms with Gasteiger partial charge in [-0.3, -0.25) is 9.59 Å². The van der Waals surface area contributed by atoms with E-state index in [2.05, 4.69) is 0 Å². The Balaban J connectivity index is 1.68. The molecule has 6 nitrogen and oxygen atoms in total. The molecule has 0 bridgehead atoms. The van der Waals surface area contributed by atoms with Crippen molar-refractivity contribution in [1.29, 1.82) is 0 Å². The minimum Gasteiger partial charge on any atom is -0.465 e. The molecule has 0 aliphatic carbocycles. The molecule has 0 N–H and O–H groups in total. The van der Waals surface area contributed by atoms with Gasteiger partial charge in [-0.2, -0.15) is 0 Å². The number of methoxy groups -OCH3 is 1. The van der Waals surface area contributed by atoms with E-state index >= 15 is 0 Å². The van der Waals surface area contributed by atoms with Crippen molar-refractivity contribution in [2.75, 3.05) is 7.11 Å². The number of nitrogens with zero attached hydrogens (tertiary/aromatic N) is 1. The highest BCUT2D eigenvalue weighted by Crippen LogP contribution is 2.39.